The summed E-state index contributed by atoms with van der Waals surface area (Å²) in [5.41, 5.74) is 1.50. The van der Waals surface area contributed by atoms with E-state index < -0.39 is 11.5 Å². The molecule has 1 saturated heterocycles. The van der Waals surface area contributed by atoms with Crippen LogP contribution in [0.4, 0.5) is 5.69 Å². The fraction of sp³-hybridized carbons (Fsp3) is 0.261. The highest BCUT2D eigenvalue weighted by Crippen LogP contribution is 2.19. The van der Waals surface area contributed by atoms with Crippen LogP contribution < -0.4 is 15.6 Å². The molecule has 7 heteroatoms. The van der Waals surface area contributed by atoms with Crippen LogP contribution in [0.5, 0.6) is 5.75 Å². The maximum atomic E-state index is 12.9. The van der Waals surface area contributed by atoms with Crippen molar-refractivity contribution in [1.82, 2.24) is 9.55 Å². The zero-order valence-electron chi connectivity index (χ0n) is 16.7. The van der Waals surface area contributed by atoms with Crippen molar-refractivity contribution >= 4 is 11.6 Å². The van der Waals surface area contributed by atoms with E-state index in [1.165, 1.54) is 4.57 Å². The third-order valence-electron chi connectivity index (χ3n) is 5.02. The Bertz CT molecular complexity index is 1070. The van der Waals surface area contributed by atoms with Crippen molar-refractivity contribution in [1.29, 1.82) is 0 Å². The summed E-state index contributed by atoms with van der Waals surface area (Å²) >= 11 is 0. The number of amides is 1. The zero-order valence-corrected chi connectivity index (χ0v) is 16.7. The number of hydrogen-bond donors (Lipinski definition) is 1. The van der Waals surface area contributed by atoms with Gasteiger partial charge in [-0.2, -0.15) is 0 Å². The van der Waals surface area contributed by atoms with Crippen molar-refractivity contribution in [2.45, 2.75) is 25.9 Å². The number of anilines is 1. The number of aromatic nitrogens is 2. The van der Waals surface area contributed by atoms with Gasteiger partial charge in [0.15, 0.2) is 0 Å². The molecular weight excluding hydrogens is 382 g/mol. The molecule has 3 heterocycles. The molecule has 0 radical (unpaired) electrons. The Labute approximate surface area is 174 Å². The van der Waals surface area contributed by atoms with Crippen molar-refractivity contribution in [3.63, 3.8) is 0 Å². The third kappa shape index (κ3) is 4.41. The number of hydrogen-bond acceptors (Lipinski definition) is 5. The van der Waals surface area contributed by atoms with Gasteiger partial charge in [0.25, 0.3) is 11.5 Å². The SMILES string of the molecule is Cc1ccn(-c2cccnc2)c(=O)c1C(=O)Nc1ccc(OCC2CCCO2)cc1. The average molecular weight is 405 g/mol. The first-order valence-corrected chi connectivity index (χ1v) is 9.90. The van der Waals surface area contributed by atoms with Crippen molar-refractivity contribution in [3.8, 4) is 11.4 Å². The largest absolute Gasteiger partial charge is 0.491 e. The van der Waals surface area contributed by atoms with E-state index in [0.29, 0.717) is 29.3 Å². The number of aryl methyl sites for hydroxylation is 1. The van der Waals surface area contributed by atoms with E-state index in [2.05, 4.69) is 10.3 Å². The molecule has 3 aromatic rings. The minimum absolute atomic E-state index is 0.0973. The van der Waals surface area contributed by atoms with Gasteiger partial charge in [-0.05, 0) is 67.8 Å². The first kappa shape index (κ1) is 19.8. The molecule has 2 aromatic heterocycles. The molecule has 4 rings (SSSR count). The van der Waals surface area contributed by atoms with E-state index in [-0.39, 0.29) is 11.7 Å². The molecule has 1 unspecified atom stereocenters. The second-order valence-corrected chi connectivity index (χ2v) is 7.18. The van der Waals surface area contributed by atoms with Gasteiger partial charge in [0.2, 0.25) is 0 Å². The van der Waals surface area contributed by atoms with Crippen LogP contribution in [-0.2, 0) is 4.74 Å². The fourth-order valence-electron chi connectivity index (χ4n) is 3.40. The fourth-order valence-corrected chi connectivity index (χ4v) is 3.40. The van der Waals surface area contributed by atoms with Crippen LogP contribution in [0, 0.1) is 6.92 Å². The van der Waals surface area contributed by atoms with E-state index >= 15 is 0 Å². The first-order chi connectivity index (χ1) is 14.6. The highest BCUT2D eigenvalue weighted by atomic mass is 16.5. The molecule has 0 bridgehead atoms. The van der Waals surface area contributed by atoms with E-state index in [0.717, 1.165) is 19.4 Å². The lowest BCUT2D eigenvalue weighted by atomic mass is 10.1. The maximum Gasteiger partial charge on any atom is 0.268 e. The molecule has 7 nitrogen and oxygen atoms in total. The number of rotatable bonds is 6. The monoisotopic (exact) mass is 405 g/mol. The maximum absolute atomic E-state index is 12.9. The molecule has 1 aliphatic rings. The predicted molar refractivity (Wildman–Crippen MR) is 113 cm³/mol. The summed E-state index contributed by atoms with van der Waals surface area (Å²) in [4.78, 5) is 29.8. The van der Waals surface area contributed by atoms with Gasteiger partial charge in [0, 0.05) is 24.7 Å². The predicted octanol–water partition coefficient (Wildman–Crippen LogP) is 3.35. The van der Waals surface area contributed by atoms with Gasteiger partial charge < -0.3 is 14.8 Å². The minimum Gasteiger partial charge on any atom is -0.491 e. The number of benzene rings is 1. The average Bonchev–Trinajstić information content (AvgIpc) is 3.28. The molecule has 1 atom stereocenters. The third-order valence-corrected chi connectivity index (χ3v) is 5.02. The van der Waals surface area contributed by atoms with Crippen LogP contribution in [0.2, 0.25) is 0 Å². The smallest absolute Gasteiger partial charge is 0.268 e. The van der Waals surface area contributed by atoms with Crippen molar-refractivity contribution in [3.05, 3.63) is 82.5 Å². The molecule has 154 valence electrons. The second-order valence-electron chi connectivity index (χ2n) is 7.18. The van der Waals surface area contributed by atoms with Crippen molar-refractivity contribution < 1.29 is 14.3 Å². The van der Waals surface area contributed by atoms with E-state index in [1.807, 2.05) is 0 Å². The van der Waals surface area contributed by atoms with Gasteiger partial charge in [-0.3, -0.25) is 19.1 Å². The zero-order chi connectivity index (χ0) is 20.9. The molecular formula is C23H23N3O4. The molecule has 0 spiro atoms. The Hall–Kier alpha value is -3.45. The molecule has 1 N–H and O–H groups in total. The standard InChI is InChI=1S/C23H23N3O4/c1-16-10-12-26(18-4-2-11-24-14-18)23(28)21(16)22(27)25-17-6-8-19(9-7-17)30-15-20-5-3-13-29-20/h2,4,6-12,14,20H,3,5,13,15H2,1H3,(H,25,27). The minimum atomic E-state index is -0.455. The number of pyridine rings is 2. The summed E-state index contributed by atoms with van der Waals surface area (Å²) in [6.07, 6.45) is 7.08. The Morgan fingerprint density at radius 1 is 1.27 bits per heavy atom. The number of carbonyl (C=O) groups is 1. The van der Waals surface area contributed by atoms with Crippen LogP contribution in [0.15, 0.2) is 65.8 Å². The summed E-state index contributed by atoms with van der Waals surface area (Å²) in [5, 5.41) is 2.79. The molecule has 1 aliphatic heterocycles. The topological polar surface area (TPSA) is 82.5 Å². The molecule has 1 aromatic carbocycles. The molecule has 0 saturated carbocycles. The van der Waals surface area contributed by atoms with Crippen LogP contribution in [0.1, 0.15) is 28.8 Å². The molecule has 1 fully saturated rings. The molecule has 30 heavy (non-hydrogen) atoms. The van der Waals surface area contributed by atoms with E-state index in [4.69, 9.17) is 9.47 Å². The Kier molecular flexibility index (Phi) is 5.90. The van der Waals surface area contributed by atoms with Crippen LogP contribution in [0.25, 0.3) is 5.69 Å². The summed E-state index contributed by atoms with van der Waals surface area (Å²) in [7, 11) is 0. The highest BCUT2D eigenvalue weighted by molar-refractivity contribution is 6.05. The van der Waals surface area contributed by atoms with Crippen molar-refractivity contribution in [2.24, 2.45) is 0 Å². The lowest BCUT2D eigenvalue weighted by Crippen LogP contribution is -2.29. The van der Waals surface area contributed by atoms with Gasteiger partial charge in [-0.15, -0.1) is 0 Å². The Balaban J connectivity index is 1.48. The summed E-state index contributed by atoms with van der Waals surface area (Å²) in [5.74, 6) is 0.252. The number of carbonyl (C=O) groups excluding carboxylic acids is 1. The van der Waals surface area contributed by atoms with Gasteiger partial charge in [0.1, 0.15) is 17.9 Å². The Morgan fingerprint density at radius 2 is 2.10 bits per heavy atom. The van der Waals surface area contributed by atoms with Crippen LogP contribution in [-0.4, -0.2) is 34.8 Å². The summed E-state index contributed by atoms with van der Waals surface area (Å²) in [6, 6.07) is 12.3. The van der Waals surface area contributed by atoms with Crippen LogP contribution in [0.3, 0.4) is 0 Å². The molecule has 1 amide bonds. The second kappa shape index (κ2) is 8.92. The Morgan fingerprint density at radius 3 is 2.80 bits per heavy atom. The lowest BCUT2D eigenvalue weighted by molar-refractivity contribution is 0.0679. The highest BCUT2D eigenvalue weighted by Gasteiger charge is 2.18. The van der Waals surface area contributed by atoms with E-state index in [1.54, 1.807) is 68.0 Å². The number of nitrogens with zero attached hydrogens (tertiary/aromatic N) is 2. The van der Waals surface area contributed by atoms with Crippen LogP contribution >= 0.6 is 0 Å². The van der Waals surface area contributed by atoms with Gasteiger partial charge in [-0.25, -0.2) is 0 Å². The van der Waals surface area contributed by atoms with E-state index in [9.17, 15) is 9.59 Å². The van der Waals surface area contributed by atoms with Gasteiger partial charge in [0.05, 0.1) is 18.0 Å². The summed E-state index contributed by atoms with van der Waals surface area (Å²) in [6.45, 7) is 3.05. The first-order valence-electron chi connectivity index (χ1n) is 9.90. The molecule has 0 aliphatic carbocycles. The number of nitrogens with one attached hydrogen (secondary N) is 1. The van der Waals surface area contributed by atoms with Crippen molar-refractivity contribution in [2.75, 3.05) is 18.5 Å². The lowest BCUT2D eigenvalue weighted by Gasteiger charge is -2.13. The number of ether oxygens (including phenoxy) is 2. The van der Waals surface area contributed by atoms with Gasteiger partial charge in [-0.1, -0.05) is 0 Å². The summed E-state index contributed by atoms with van der Waals surface area (Å²) < 4.78 is 12.7. The van der Waals surface area contributed by atoms with Gasteiger partial charge >= 0.3 is 0 Å². The quantitative estimate of drug-likeness (QED) is 0.680. The normalized spacial score (nSPS) is 15.7.